The van der Waals surface area contributed by atoms with Gasteiger partial charge in [0.25, 0.3) is 23.6 Å². The quantitative estimate of drug-likeness (QED) is 0.563. The first-order valence-corrected chi connectivity index (χ1v) is 7.92. The number of primary amides is 1. The van der Waals surface area contributed by atoms with Crippen LogP contribution in [0.2, 0.25) is 0 Å². The summed E-state index contributed by atoms with van der Waals surface area (Å²) in [5, 5.41) is 0.635. The first kappa shape index (κ1) is 17.1. The zero-order valence-corrected chi connectivity index (χ0v) is 14.0. The molecule has 0 atom stereocenters. The largest absolute Gasteiger partial charge is 0.361 e. The van der Waals surface area contributed by atoms with Crippen molar-refractivity contribution >= 4 is 35.4 Å². The van der Waals surface area contributed by atoms with Crippen LogP contribution in [0.25, 0.3) is 0 Å². The van der Waals surface area contributed by atoms with E-state index in [1.165, 1.54) is 48.5 Å². The molecule has 4 bridgehead atoms. The Hall–Kier alpha value is -4.34. The van der Waals surface area contributed by atoms with Crippen molar-refractivity contribution in [3.63, 3.8) is 0 Å². The second-order valence-electron chi connectivity index (χ2n) is 5.96. The number of benzene rings is 2. The first-order chi connectivity index (χ1) is 13.3. The summed E-state index contributed by atoms with van der Waals surface area (Å²) in [6.07, 6.45) is 0. The van der Waals surface area contributed by atoms with Crippen molar-refractivity contribution in [2.75, 3.05) is 0 Å². The van der Waals surface area contributed by atoms with Gasteiger partial charge in [0.15, 0.2) is 0 Å². The highest BCUT2D eigenvalue weighted by Gasteiger charge is 2.47. The summed E-state index contributed by atoms with van der Waals surface area (Å²) in [6, 6.07) is 11.0. The molecule has 2 aliphatic heterocycles. The summed E-state index contributed by atoms with van der Waals surface area (Å²) >= 11 is 0. The van der Waals surface area contributed by atoms with Gasteiger partial charge < -0.3 is 5.73 Å². The Morgan fingerprint density at radius 3 is 1.29 bits per heavy atom. The number of nitrogens with two attached hydrogens (primary N) is 1. The van der Waals surface area contributed by atoms with Crippen molar-refractivity contribution in [1.29, 1.82) is 0 Å². The molecule has 0 radical (unpaired) electrons. The number of carbonyl (C=O) groups is 6. The maximum Gasteiger partial charge on any atom is 0.350 e. The van der Waals surface area contributed by atoms with E-state index in [9.17, 15) is 28.8 Å². The SMILES string of the molecule is NC(=O)C(=O)N(N1C(=O)c2cccc(c2)C1=O)N1C(=O)c2cccc(c2)C1=O. The van der Waals surface area contributed by atoms with Gasteiger partial charge in [0.1, 0.15) is 0 Å². The molecule has 28 heavy (non-hydrogen) atoms. The van der Waals surface area contributed by atoms with Gasteiger partial charge in [-0.25, -0.2) is 0 Å². The van der Waals surface area contributed by atoms with Gasteiger partial charge in [-0.2, -0.15) is 10.0 Å². The van der Waals surface area contributed by atoms with Crippen molar-refractivity contribution in [2.45, 2.75) is 0 Å². The number of fused-ring (bicyclic) bond motifs is 4. The summed E-state index contributed by atoms with van der Waals surface area (Å²) in [5.41, 5.74) is 5.14. The number of carbonyl (C=O) groups excluding carboxylic acids is 6. The highest BCUT2D eigenvalue weighted by Crippen LogP contribution is 2.26. The Morgan fingerprint density at radius 1 is 0.679 bits per heavy atom. The summed E-state index contributed by atoms with van der Waals surface area (Å²) in [7, 11) is 0. The standard InChI is InChI=1S/C18H10N4O6/c19-13(23)18(28)22(20-14(24)9-3-1-4-10(7-9)15(20)25)21-16(26)11-5-2-6-12(8-11)17(21)27/h1-8H,(H2,19,23). The Morgan fingerprint density at radius 2 is 1.00 bits per heavy atom. The van der Waals surface area contributed by atoms with Crippen molar-refractivity contribution in [1.82, 2.24) is 15.1 Å². The Kier molecular flexibility index (Phi) is 3.57. The Balaban J connectivity index is 1.88. The van der Waals surface area contributed by atoms with E-state index in [1.807, 2.05) is 0 Å². The predicted molar refractivity (Wildman–Crippen MR) is 89.9 cm³/mol. The third kappa shape index (κ3) is 2.28. The van der Waals surface area contributed by atoms with Crippen LogP contribution in [-0.4, -0.2) is 50.6 Å². The molecule has 2 aromatic rings. The highest BCUT2D eigenvalue weighted by molar-refractivity contribution is 6.36. The fraction of sp³-hybridized carbons (Fsp3) is 0. The molecule has 2 aliphatic rings. The smallest absolute Gasteiger partial charge is 0.350 e. The number of imide groups is 2. The summed E-state index contributed by atoms with van der Waals surface area (Å²) in [5.74, 6) is -7.15. The van der Waals surface area contributed by atoms with Crippen molar-refractivity contribution in [3.05, 3.63) is 70.8 Å². The first-order valence-electron chi connectivity index (χ1n) is 7.92. The molecular formula is C18H10N4O6. The molecule has 10 heteroatoms. The van der Waals surface area contributed by atoms with Gasteiger partial charge in [-0.1, -0.05) is 12.1 Å². The molecular weight excluding hydrogens is 368 g/mol. The van der Waals surface area contributed by atoms with Gasteiger partial charge in [0.2, 0.25) is 0 Å². The maximum absolute atomic E-state index is 12.7. The van der Waals surface area contributed by atoms with Crippen LogP contribution in [0, 0.1) is 0 Å². The number of hydrogen-bond donors (Lipinski definition) is 1. The van der Waals surface area contributed by atoms with Crippen LogP contribution in [0.5, 0.6) is 0 Å². The fourth-order valence-corrected chi connectivity index (χ4v) is 2.96. The van der Waals surface area contributed by atoms with E-state index in [-0.39, 0.29) is 37.4 Å². The molecule has 0 unspecified atom stereocenters. The molecule has 0 aliphatic carbocycles. The van der Waals surface area contributed by atoms with E-state index in [1.54, 1.807) is 0 Å². The Bertz CT molecular complexity index is 987. The van der Waals surface area contributed by atoms with Crippen molar-refractivity contribution in [2.24, 2.45) is 5.73 Å². The van der Waals surface area contributed by atoms with E-state index in [0.29, 0.717) is 0 Å². The van der Waals surface area contributed by atoms with Gasteiger partial charge in [-0.05, 0) is 36.4 Å². The van der Waals surface area contributed by atoms with E-state index < -0.39 is 35.4 Å². The second-order valence-corrected chi connectivity index (χ2v) is 5.96. The average molecular weight is 378 g/mol. The van der Waals surface area contributed by atoms with Crippen LogP contribution in [0.4, 0.5) is 0 Å². The van der Waals surface area contributed by atoms with E-state index in [2.05, 4.69) is 0 Å². The minimum absolute atomic E-state index is 0.0230. The molecule has 6 amide bonds. The van der Waals surface area contributed by atoms with Gasteiger partial charge in [0, 0.05) is 22.3 Å². The van der Waals surface area contributed by atoms with E-state index in [4.69, 9.17) is 5.73 Å². The number of hydrazine groups is 2. The molecule has 0 spiro atoms. The molecule has 10 nitrogen and oxygen atoms in total. The van der Waals surface area contributed by atoms with Crippen LogP contribution in [-0.2, 0) is 9.59 Å². The molecule has 2 N–H and O–H groups in total. The van der Waals surface area contributed by atoms with Crippen molar-refractivity contribution in [3.8, 4) is 0 Å². The summed E-state index contributed by atoms with van der Waals surface area (Å²) in [4.78, 5) is 75.0. The molecule has 4 rings (SSSR count). The minimum Gasteiger partial charge on any atom is -0.361 e. The normalized spacial score (nSPS) is 15.0. The van der Waals surface area contributed by atoms with Crippen LogP contribution >= 0.6 is 0 Å². The highest BCUT2D eigenvalue weighted by atomic mass is 16.3. The minimum atomic E-state index is -1.60. The molecule has 0 aromatic heterocycles. The summed E-state index contributed by atoms with van der Waals surface area (Å²) in [6.45, 7) is 0. The summed E-state index contributed by atoms with van der Waals surface area (Å²) < 4.78 is 0. The third-order valence-electron chi connectivity index (χ3n) is 4.25. The molecule has 138 valence electrons. The number of hydrogen-bond acceptors (Lipinski definition) is 6. The topological polar surface area (TPSA) is 138 Å². The Labute approximate surface area is 156 Å². The van der Waals surface area contributed by atoms with Gasteiger partial charge in [-0.3, -0.25) is 28.8 Å². The van der Waals surface area contributed by atoms with Crippen LogP contribution in [0.15, 0.2) is 48.5 Å². The zero-order chi connectivity index (χ0) is 20.2. The van der Waals surface area contributed by atoms with Gasteiger partial charge in [-0.15, -0.1) is 5.12 Å². The lowest BCUT2D eigenvalue weighted by molar-refractivity contribution is -0.167. The van der Waals surface area contributed by atoms with Gasteiger partial charge in [0.05, 0.1) is 0 Å². The zero-order valence-electron chi connectivity index (χ0n) is 14.0. The number of rotatable bonds is 2. The van der Waals surface area contributed by atoms with Crippen molar-refractivity contribution < 1.29 is 28.8 Å². The van der Waals surface area contributed by atoms with E-state index >= 15 is 0 Å². The third-order valence-corrected chi connectivity index (χ3v) is 4.25. The monoisotopic (exact) mass is 378 g/mol. The number of amides is 6. The molecule has 0 fully saturated rings. The van der Waals surface area contributed by atoms with Crippen LogP contribution in [0.3, 0.4) is 0 Å². The lowest BCUT2D eigenvalue weighted by atomic mass is 10.0. The predicted octanol–water partition coefficient (Wildman–Crippen LogP) is -0.277. The lowest BCUT2D eigenvalue weighted by Crippen LogP contribution is -2.66. The average Bonchev–Trinajstić information content (AvgIpc) is 2.70. The molecule has 2 aromatic carbocycles. The van der Waals surface area contributed by atoms with Crippen LogP contribution < -0.4 is 5.73 Å². The van der Waals surface area contributed by atoms with Gasteiger partial charge >= 0.3 is 11.8 Å². The molecule has 2 heterocycles. The van der Waals surface area contributed by atoms with E-state index in [0.717, 1.165) is 0 Å². The second kappa shape index (κ2) is 5.84. The fourth-order valence-electron chi connectivity index (χ4n) is 2.96. The molecule has 0 saturated carbocycles. The molecule has 0 saturated heterocycles. The maximum atomic E-state index is 12.7. The van der Waals surface area contributed by atoms with Crippen LogP contribution in [0.1, 0.15) is 41.4 Å². The lowest BCUT2D eigenvalue weighted by Gasteiger charge is -2.40. The number of nitrogens with zero attached hydrogens (tertiary/aromatic N) is 3.